The molecule has 32 heavy (non-hydrogen) atoms. The van der Waals surface area contributed by atoms with Crippen molar-refractivity contribution in [2.45, 2.75) is 26.7 Å². The first-order valence-electron chi connectivity index (χ1n) is 10.0. The molecule has 0 fully saturated rings. The molecular formula is C26H28ClN2O2Ru. The maximum atomic E-state index is 5.26. The van der Waals surface area contributed by atoms with E-state index in [0.29, 0.717) is 5.92 Å². The number of aliphatic imine (C=N–C) groups is 1. The zero-order chi connectivity index (χ0) is 21.5. The largest absolute Gasteiger partial charge is 1.00 e. The molecule has 0 atom stereocenters. The number of halogens is 1. The predicted octanol–water partition coefficient (Wildman–Crippen LogP) is 3.30. The van der Waals surface area contributed by atoms with Crippen molar-refractivity contribution in [3.05, 3.63) is 95.1 Å². The molecule has 1 radical (unpaired) electrons. The number of fused-ring (bicyclic) bond motifs is 1. The molecule has 0 amide bonds. The number of benzene rings is 3. The summed E-state index contributed by atoms with van der Waals surface area (Å²) in [5, 5.41) is 4.13. The van der Waals surface area contributed by atoms with Gasteiger partial charge in [0.05, 0.1) is 12.8 Å². The van der Waals surface area contributed by atoms with Crippen LogP contribution in [0.1, 0.15) is 42.0 Å². The van der Waals surface area contributed by atoms with E-state index in [4.69, 9.17) is 9.57 Å². The van der Waals surface area contributed by atoms with Crippen LogP contribution in [0.2, 0.25) is 0 Å². The van der Waals surface area contributed by atoms with Gasteiger partial charge in [0.1, 0.15) is 24.3 Å². The number of hydrogen-bond donors (Lipinski definition) is 0. The molecule has 1 heterocycles. The van der Waals surface area contributed by atoms with Gasteiger partial charge in [0, 0.05) is 11.1 Å². The molecule has 6 heteroatoms. The van der Waals surface area contributed by atoms with Gasteiger partial charge in [0.15, 0.2) is 0 Å². The van der Waals surface area contributed by atoms with Gasteiger partial charge >= 0.3 is 19.5 Å². The van der Waals surface area contributed by atoms with E-state index in [9.17, 15) is 0 Å². The zero-order valence-electron chi connectivity index (χ0n) is 18.9. The van der Waals surface area contributed by atoms with Gasteiger partial charge in [-0.1, -0.05) is 79.2 Å². The van der Waals surface area contributed by atoms with Crippen LogP contribution >= 0.6 is 0 Å². The second-order valence-corrected chi connectivity index (χ2v) is 7.40. The fraction of sp³-hybridized carbons (Fsp3) is 0.231. The number of rotatable bonds is 4. The van der Waals surface area contributed by atoms with Crippen molar-refractivity contribution in [1.82, 2.24) is 0 Å². The molecular weight excluding hydrogens is 509 g/mol. The van der Waals surface area contributed by atoms with Crippen molar-refractivity contribution < 1.29 is 41.5 Å². The second kappa shape index (κ2) is 13.2. The van der Waals surface area contributed by atoms with E-state index in [-0.39, 0.29) is 31.9 Å². The minimum Gasteiger partial charge on any atom is -1.00 e. The van der Waals surface area contributed by atoms with Gasteiger partial charge in [-0.2, -0.15) is 0 Å². The Hall–Kier alpha value is -2.49. The van der Waals surface area contributed by atoms with Crippen molar-refractivity contribution in [3.63, 3.8) is 0 Å². The first kappa shape index (κ1) is 27.5. The van der Waals surface area contributed by atoms with E-state index in [0.717, 1.165) is 34.0 Å². The van der Waals surface area contributed by atoms with Crippen LogP contribution in [0.3, 0.4) is 0 Å². The van der Waals surface area contributed by atoms with E-state index in [2.05, 4.69) is 55.2 Å². The van der Waals surface area contributed by atoms with E-state index >= 15 is 0 Å². The molecule has 1 aliphatic heterocycles. The molecule has 0 saturated heterocycles. The molecule has 1 aliphatic rings. The molecule has 0 N–H and O–H groups in total. The Morgan fingerprint density at radius 3 is 2.09 bits per heavy atom. The Balaban J connectivity index is 0.000000366. The van der Waals surface area contributed by atoms with Crippen LogP contribution in [0.5, 0.6) is 5.75 Å². The van der Waals surface area contributed by atoms with Gasteiger partial charge < -0.3 is 22.0 Å². The minimum absolute atomic E-state index is 0. The molecule has 3 aromatic carbocycles. The number of ether oxygens (including phenoxy) is 1. The van der Waals surface area contributed by atoms with Crippen LogP contribution in [-0.2, 0) is 24.3 Å². The molecule has 4 nitrogen and oxygen atoms in total. The number of oxime groups is 1. The zero-order valence-corrected chi connectivity index (χ0v) is 21.4. The number of aryl methyl sites for hydroxylation is 1. The third-order valence-electron chi connectivity index (χ3n) is 4.89. The predicted molar refractivity (Wildman–Crippen MR) is 124 cm³/mol. The van der Waals surface area contributed by atoms with Crippen molar-refractivity contribution in [3.8, 4) is 5.75 Å². The first-order chi connectivity index (χ1) is 14.5. The van der Waals surface area contributed by atoms with E-state index in [1.165, 1.54) is 18.2 Å². The van der Waals surface area contributed by atoms with Gasteiger partial charge in [-0.05, 0) is 36.6 Å². The summed E-state index contributed by atoms with van der Waals surface area (Å²) in [5.74, 6) is 1.43. The van der Waals surface area contributed by atoms with Gasteiger partial charge in [-0.3, -0.25) is 0 Å². The van der Waals surface area contributed by atoms with E-state index in [1.807, 2.05) is 48.5 Å². The Morgan fingerprint density at radius 2 is 1.53 bits per heavy atom. The van der Waals surface area contributed by atoms with Gasteiger partial charge in [0.25, 0.3) is 0 Å². The summed E-state index contributed by atoms with van der Waals surface area (Å²) in [7, 11) is 3.18. The second-order valence-electron chi connectivity index (χ2n) is 7.40. The molecule has 3 aromatic rings. The molecule has 0 unspecified atom stereocenters. The van der Waals surface area contributed by atoms with Crippen molar-refractivity contribution >= 4 is 17.1 Å². The normalized spacial score (nSPS) is 12.6. The fourth-order valence-corrected chi connectivity index (χ4v) is 3.16. The Bertz CT molecular complexity index is 1050. The molecule has 4 rings (SSSR count). The van der Waals surface area contributed by atoms with E-state index in [1.54, 1.807) is 7.11 Å². The third-order valence-corrected chi connectivity index (χ3v) is 4.89. The third kappa shape index (κ3) is 6.75. The molecule has 169 valence electrons. The van der Waals surface area contributed by atoms with Crippen LogP contribution < -0.4 is 17.1 Å². The number of nitrogens with zero attached hydrogens (tertiary/aromatic N) is 2. The van der Waals surface area contributed by atoms with Crippen LogP contribution in [-0.4, -0.2) is 25.6 Å². The maximum absolute atomic E-state index is 5.26. The van der Waals surface area contributed by atoms with Crippen LogP contribution in [0, 0.1) is 6.92 Å². The van der Waals surface area contributed by atoms with Gasteiger partial charge in [-0.25, -0.2) is 4.99 Å². The Kier molecular flexibility index (Phi) is 11.3. The Morgan fingerprint density at radius 1 is 0.875 bits per heavy atom. The molecule has 0 aromatic heterocycles. The van der Waals surface area contributed by atoms with Crippen LogP contribution in [0.25, 0.3) is 0 Å². The van der Waals surface area contributed by atoms with Crippen molar-refractivity contribution in [1.29, 1.82) is 0 Å². The molecule has 0 spiro atoms. The maximum Gasteiger partial charge on any atom is 1.00 e. The van der Waals surface area contributed by atoms with Gasteiger partial charge in [0.2, 0.25) is 0 Å². The summed E-state index contributed by atoms with van der Waals surface area (Å²) in [6.07, 6.45) is 0. The first-order valence-corrected chi connectivity index (χ1v) is 10.0. The average molecular weight is 537 g/mol. The molecule has 0 saturated carbocycles. The Labute approximate surface area is 209 Å². The summed E-state index contributed by atoms with van der Waals surface area (Å²) < 4.78 is 5.26. The monoisotopic (exact) mass is 537 g/mol. The minimum atomic E-state index is 0. The summed E-state index contributed by atoms with van der Waals surface area (Å²) >= 11 is 0. The van der Waals surface area contributed by atoms with Crippen molar-refractivity contribution in [2.75, 3.05) is 14.2 Å². The summed E-state index contributed by atoms with van der Waals surface area (Å²) in [4.78, 5) is 9.62. The van der Waals surface area contributed by atoms with E-state index < -0.39 is 0 Å². The summed E-state index contributed by atoms with van der Waals surface area (Å²) in [6, 6.07) is 24.4. The number of methoxy groups -OCH3 is 1. The smallest absolute Gasteiger partial charge is 1.00 e. The SMILES string of the molecule is CO/N=C1/C(c2ccccc2)=Nc2ccc(OC)cc21.Cc1ccc(C(C)C)cc1.[Cl-].[Ru+]. The summed E-state index contributed by atoms with van der Waals surface area (Å²) in [6.45, 7) is 6.54. The van der Waals surface area contributed by atoms with Gasteiger partial charge in [-0.15, -0.1) is 0 Å². The number of hydrogen-bond acceptors (Lipinski definition) is 4. The molecule has 0 aliphatic carbocycles. The topological polar surface area (TPSA) is 43.2 Å². The van der Waals surface area contributed by atoms with Crippen LogP contribution in [0.4, 0.5) is 5.69 Å². The summed E-state index contributed by atoms with van der Waals surface area (Å²) in [5.41, 5.74) is 7.11. The quantitative estimate of drug-likeness (QED) is 0.379. The van der Waals surface area contributed by atoms with Crippen molar-refractivity contribution in [2.24, 2.45) is 10.1 Å². The fourth-order valence-electron chi connectivity index (χ4n) is 3.16. The van der Waals surface area contributed by atoms with Crippen LogP contribution in [0.15, 0.2) is 82.9 Å². The standard InChI is InChI=1S/C16H14N2O2.C10H14.ClH.Ru/c1-19-12-8-9-14-13(10-12)16(18-20-2)15(17-14)11-6-4-3-5-7-11;1-8(2)10-6-4-9(3)5-7-10;;/h3-10H,1-2H3;4-8H,1-3H3;1H;/q;;;+1/p-1/b18-16+;;;. The average Bonchev–Trinajstić information content (AvgIpc) is 3.13. The molecule has 0 bridgehead atoms.